The zero-order chi connectivity index (χ0) is 18.6. The number of ether oxygens (including phenoxy) is 1. The SMILES string of the molecule is Cc1ccn2cc(-c3ccc(OCCCN4CCCCC4)cc3F)nc2c1. The Morgan fingerprint density at radius 3 is 2.78 bits per heavy atom. The van der Waals surface area contributed by atoms with E-state index in [4.69, 9.17) is 4.74 Å². The van der Waals surface area contributed by atoms with Gasteiger partial charge in [-0.2, -0.15) is 0 Å². The van der Waals surface area contributed by atoms with Gasteiger partial charge in [0.05, 0.1) is 12.3 Å². The van der Waals surface area contributed by atoms with Crippen molar-refractivity contribution in [3.05, 3.63) is 54.1 Å². The normalized spacial score (nSPS) is 15.3. The van der Waals surface area contributed by atoms with Gasteiger partial charge in [0.15, 0.2) is 0 Å². The number of benzene rings is 1. The average Bonchev–Trinajstić information content (AvgIpc) is 3.09. The predicted molar refractivity (Wildman–Crippen MR) is 106 cm³/mol. The van der Waals surface area contributed by atoms with E-state index < -0.39 is 0 Å². The molecule has 27 heavy (non-hydrogen) atoms. The minimum absolute atomic E-state index is 0.302. The van der Waals surface area contributed by atoms with Crippen molar-refractivity contribution in [1.82, 2.24) is 14.3 Å². The number of hydrogen-bond acceptors (Lipinski definition) is 3. The largest absolute Gasteiger partial charge is 0.493 e. The number of likely N-dealkylation sites (tertiary alicyclic amines) is 1. The molecule has 142 valence electrons. The average molecular weight is 367 g/mol. The molecule has 1 fully saturated rings. The van der Waals surface area contributed by atoms with Crippen molar-refractivity contribution in [2.75, 3.05) is 26.2 Å². The standard InChI is InChI=1S/C22H26FN3O/c1-17-8-12-26-16-21(24-22(26)14-17)19-7-6-18(15-20(19)23)27-13-5-11-25-9-3-2-4-10-25/h6-8,12,14-16H,2-5,9-11,13H2,1H3. The summed E-state index contributed by atoms with van der Waals surface area (Å²) < 4.78 is 22.3. The lowest BCUT2D eigenvalue weighted by Crippen LogP contribution is -2.31. The third-order valence-electron chi connectivity index (χ3n) is 5.17. The summed E-state index contributed by atoms with van der Waals surface area (Å²) in [6.45, 7) is 6.08. The van der Waals surface area contributed by atoms with Gasteiger partial charge in [-0.15, -0.1) is 0 Å². The smallest absolute Gasteiger partial charge is 0.137 e. The molecular weight excluding hydrogens is 341 g/mol. The first kappa shape index (κ1) is 18.0. The van der Waals surface area contributed by atoms with Gasteiger partial charge in [0, 0.05) is 30.6 Å². The lowest BCUT2D eigenvalue weighted by Gasteiger charge is -2.26. The maximum Gasteiger partial charge on any atom is 0.137 e. The summed E-state index contributed by atoms with van der Waals surface area (Å²) in [4.78, 5) is 7.03. The molecule has 0 radical (unpaired) electrons. The zero-order valence-electron chi connectivity index (χ0n) is 15.8. The Bertz CT molecular complexity index is 915. The summed E-state index contributed by atoms with van der Waals surface area (Å²) in [7, 11) is 0. The van der Waals surface area contributed by atoms with Crippen molar-refractivity contribution in [2.45, 2.75) is 32.6 Å². The van der Waals surface area contributed by atoms with Crippen LogP contribution < -0.4 is 4.74 Å². The highest BCUT2D eigenvalue weighted by atomic mass is 19.1. The Kier molecular flexibility index (Phi) is 5.39. The summed E-state index contributed by atoms with van der Waals surface area (Å²) >= 11 is 0. The van der Waals surface area contributed by atoms with Crippen molar-refractivity contribution in [3.8, 4) is 17.0 Å². The Morgan fingerprint density at radius 1 is 1.11 bits per heavy atom. The van der Waals surface area contributed by atoms with Gasteiger partial charge >= 0.3 is 0 Å². The number of aryl methyl sites for hydroxylation is 1. The summed E-state index contributed by atoms with van der Waals surface area (Å²) in [5.74, 6) is 0.276. The quantitative estimate of drug-likeness (QED) is 0.591. The maximum absolute atomic E-state index is 14.6. The van der Waals surface area contributed by atoms with Crippen molar-refractivity contribution in [3.63, 3.8) is 0 Å². The van der Waals surface area contributed by atoms with Crippen LogP contribution in [-0.4, -0.2) is 40.5 Å². The molecule has 0 bridgehead atoms. The van der Waals surface area contributed by atoms with E-state index in [-0.39, 0.29) is 5.82 Å². The van der Waals surface area contributed by atoms with Gasteiger partial charge in [-0.05, 0) is 69.1 Å². The fourth-order valence-electron chi connectivity index (χ4n) is 3.67. The van der Waals surface area contributed by atoms with Crippen LogP contribution in [0.2, 0.25) is 0 Å². The second-order valence-electron chi connectivity index (χ2n) is 7.34. The number of halogens is 1. The molecule has 1 saturated heterocycles. The molecule has 4 rings (SSSR count). The third kappa shape index (κ3) is 4.30. The van der Waals surface area contributed by atoms with E-state index in [1.807, 2.05) is 41.9 Å². The highest BCUT2D eigenvalue weighted by Gasteiger charge is 2.12. The molecule has 0 saturated carbocycles. The van der Waals surface area contributed by atoms with Gasteiger partial charge in [-0.3, -0.25) is 0 Å². The van der Waals surface area contributed by atoms with Crippen LogP contribution in [0.25, 0.3) is 16.9 Å². The minimum Gasteiger partial charge on any atom is -0.493 e. The highest BCUT2D eigenvalue weighted by Crippen LogP contribution is 2.26. The number of rotatable bonds is 6. The van der Waals surface area contributed by atoms with Crippen molar-refractivity contribution >= 4 is 5.65 Å². The fourth-order valence-corrected chi connectivity index (χ4v) is 3.67. The summed E-state index contributed by atoms with van der Waals surface area (Å²) in [5.41, 5.74) is 3.09. The van der Waals surface area contributed by atoms with E-state index in [0.717, 1.165) is 24.2 Å². The second-order valence-corrected chi connectivity index (χ2v) is 7.34. The van der Waals surface area contributed by atoms with E-state index in [1.54, 1.807) is 6.07 Å². The molecule has 1 aliphatic rings. The molecule has 0 amide bonds. The fraction of sp³-hybridized carbons (Fsp3) is 0.409. The van der Waals surface area contributed by atoms with Gasteiger partial charge in [0.2, 0.25) is 0 Å². The number of pyridine rings is 1. The van der Waals surface area contributed by atoms with Crippen LogP contribution in [0, 0.1) is 12.7 Å². The lowest BCUT2D eigenvalue weighted by molar-refractivity contribution is 0.205. The van der Waals surface area contributed by atoms with Gasteiger partial charge in [0.1, 0.15) is 17.2 Å². The van der Waals surface area contributed by atoms with Crippen LogP contribution in [0.15, 0.2) is 42.7 Å². The number of nitrogens with zero attached hydrogens (tertiary/aromatic N) is 3. The molecule has 5 heteroatoms. The van der Waals surface area contributed by atoms with Gasteiger partial charge < -0.3 is 14.0 Å². The van der Waals surface area contributed by atoms with Crippen LogP contribution >= 0.6 is 0 Å². The minimum atomic E-state index is -0.302. The number of imidazole rings is 1. The number of aromatic nitrogens is 2. The molecule has 1 aliphatic heterocycles. The van der Waals surface area contributed by atoms with Gasteiger partial charge in [0.25, 0.3) is 0 Å². The molecule has 0 unspecified atom stereocenters. The van der Waals surface area contributed by atoms with Gasteiger partial charge in [-0.1, -0.05) is 6.42 Å². The first-order valence-electron chi connectivity index (χ1n) is 9.79. The molecule has 1 aromatic carbocycles. The van der Waals surface area contributed by atoms with E-state index in [1.165, 1.54) is 38.4 Å². The molecule has 4 nitrogen and oxygen atoms in total. The monoisotopic (exact) mass is 367 g/mol. The lowest BCUT2D eigenvalue weighted by atomic mass is 10.1. The molecular formula is C22H26FN3O. The Morgan fingerprint density at radius 2 is 1.96 bits per heavy atom. The zero-order valence-corrected chi connectivity index (χ0v) is 15.8. The van der Waals surface area contributed by atoms with Crippen LogP contribution in [0.5, 0.6) is 5.75 Å². The Hall–Kier alpha value is -2.40. The number of piperidine rings is 1. The highest BCUT2D eigenvalue weighted by molar-refractivity contribution is 5.64. The first-order chi connectivity index (χ1) is 13.2. The molecule has 0 aliphatic carbocycles. The topological polar surface area (TPSA) is 29.8 Å². The van der Waals surface area contributed by atoms with Gasteiger partial charge in [-0.25, -0.2) is 9.37 Å². The van der Waals surface area contributed by atoms with Crippen molar-refractivity contribution in [1.29, 1.82) is 0 Å². The number of hydrogen-bond donors (Lipinski definition) is 0. The van der Waals surface area contributed by atoms with Crippen LogP contribution in [-0.2, 0) is 0 Å². The van der Waals surface area contributed by atoms with E-state index >= 15 is 0 Å². The first-order valence-corrected chi connectivity index (χ1v) is 9.79. The Balaban J connectivity index is 1.38. The molecule has 3 heterocycles. The molecule has 0 atom stereocenters. The number of fused-ring (bicyclic) bond motifs is 1. The van der Waals surface area contributed by atoms with Crippen LogP contribution in [0.1, 0.15) is 31.2 Å². The van der Waals surface area contributed by atoms with Crippen molar-refractivity contribution in [2.24, 2.45) is 0 Å². The molecule has 2 aromatic heterocycles. The molecule has 3 aromatic rings. The maximum atomic E-state index is 14.6. The summed E-state index contributed by atoms with van der Waals surface area (Å²) in [6, 6.07) is 9.04. The second kappa shape index (κ2) is 8.09. The van der Waals surface area contributed by atoms with E-state index in [2.05, 4.69) is 9.88 Å². The third-order valence-corrected chi connectivity index (χ3v) is 5.17. The summed E-state index contributed by atoms with van der Waals surface area (Å²) in [6.07, 6.45) is 8.72. The molecule has 0 spiro atoms. The van der Waals surface area contributed by atoms with E-state index in [0.29, 0.717) is 23.6 Å². The van der Waals surface area contributed by atoms with Crippen LogP contribution in [0.3, 0.4) is 0 Å². The van der Waals surface area contributed by atoms with E-state index in [9.17, 15) is 4.39 Å². The summed E-state index contributed by atoms with van der Waals surface area (Å²) in [5, 5.41) is 0. The van der Waals surface area contributed by atoms with Crippen molar-refractivity contribution < 1.29 is 9.13 Å². The predicted octanol–water partition coefficient (Wildman–Crippen LogP) is 4.70. The van der Waals surface area contributed by atoms with Crippen LogP contribution in [0.4, 0.5) is 4.39 Å². The Labute approximate surface area is 159 Å². The molecule has 0 N–H and O–H groups in total.